The summed E-state index contributed by atoms with van der Waals surface area (Å²) >= 11 is 0. The van der Waals surface area contributed by atoms with Crippen LogP contribution < -0.4 is 0 Å². The quantitative estimate of drug-likeness (QED) is 0.847. The highest BCUT2D eigenvalue weighted by molar-refractivity contribution is 4.95. The van der Waals surface area contributed by atoms with Crippen molar-refractivity contribution in [1.82, 2.24) is 9.55 Å². The summed E-state index contributed by atoms with van der Waals surface area (Å²) in [6, 6.07) is 0. The number of aliphatic hydroxyl groups excluding tert-OH is 1. The van der Waals surface area contributed by atoms with Gasteiger partial charge in [-0.25, -0.2) is 4.98 Å². The summed E-state index contributed by atoms with van der Waals surface area (Å²) in [7, 11) is 1.69. The molecule has 3 nitrogen and oxygen atoms in total. The Labute approximate surface area is 85.6 Å². The van der Waals surface area contributed by atoms with Crippen LogP contribution in [0.5, 0.6) is 0 Å². The van der Waals surface area contributed by atoms with Gasteiger partial charge in [-0.15, -0.1) is 0 Å². The maximum Gasteiger partial charge on any atom is 0.389 e. The number of alkyl halides is 3. The van der Waals surface area contributed by atoms with Crippen molar-refractivity contribution in [3.8, 4) is 0 Å². The van der Waals surface area contributed by atoms with Gasteiger partial charge >= 0.3 is 6.18 Å². The zero-order valence-corrected chi connectivity index (χ0v) is 8.33. The fraction of sp³-hybridized carbons (Fsp3) is 0.667. The van der Waals surface area contributed by atoms with E-state index in [1.807, 2.05) is 0 Å². The Morgan fingerprint density at radius 1 is 1.53 bits per heavy atom. The molecule has 6 heteroatoms. The summed E-state index contributed by atoms with van der Waals surface area (Å²) in [5, 5.41) is 9.54. The van der Waals surface area contributed by atoms with E-state index in [9.17, 15) is 18.3 Å². The fourth-order valence-electron chi connectivity index (χ4n) is 1.32. The maximum absolute atomic E-state index is 11.8. The standard InChI is InChI=1S/C9H13F3N2O/c1-14-6-5-13-8(14)7(15)3-2-4-9(10,11)12/h5-7,15H,2-4H2,1H3. The van der Waals surface area contributed by atoms with Crippen LogP contribution in [0, 0.1) is 0 Å². The molecule has 1 heterocycles. The molecule has 86 valence electrons. The van der Waals surface area contributed by atoms with Gasteiger partial charge in [0.05, 0.1) is 0 Å². The third-order valence-corrected chi connectivity index (χ3v) is 2.09. The van der Waals surface area contributed by atoms with Gasteiger partial charge in [0.15, 0.2) is 0 Å². The number of aromatic nitrogens is 2. The van der Waals surface area contributed by atoms with Gasteiger partial charge in [0.2, 0.25) is 0 Å². The molecule has 0 saturated heterocycles. The van der Waals surface area contributed by atoms with Crippen LogP contribution in [0.2, 0.25) is 0 Å². The molecule has 0 amide bonds. The molecule has 0 aliphatic rings. The van der Waals surface area contributed by atoms with Gasteiger partial charge in [-0.2, -0.15) is 13.2 Å². The Kier molecular flexibility index (Phi) is 3.73. The van der Waals surface area contributed by atoms with Crippen molar-refractivity contribution in [1.29, 1.82) is 0 Å². The van der Waals surface area contributed by atoms with E-state index >= 15 is 0 Å². The Hall–Kier alpha value is -1.04. The second kappa shape index (κ2) is 4.65. The molecule has 1 aromatic heterocycles. The lowest BCUT2D eigenvalue weighted by atomic mass is 10.1. The van der Waals surface area contributed by atoms with Crippen LogP contribution in [0.3, 0.4) is 0 Å². The van der Waals surface area contributed by atoms with Crippen LogP contribution >= 0.6 is 0 Å². The van der Waals surface area contributed by atoms with Crippen molar-refractivity contribution in [2.75, 3.05) is 0 Å². The minimum absolute atomic E-state index is 0.0738. The SMILES string of the molecule is Cn1ccnc1C(O)CCCC(F)(F)F. The van der Waals surface area contributed by atoms with Gasteiger partial charge in [0.25, 0.3) is 0 Å². The molecule has 1 rings (SSSR count). The van der Waals surface area contributed by atoms with E-state index in [-0.39, 0.29) is 12.8 Å². The van der Waals surface area contributed by atoms with Crippen LogP contribution in [-0.2, 0) is 7.05 Å². The minimum atomic E-state index is -4.15. The molecule has 1 unspecified atom stereocenters. The molecule has 1 N–H and O–H groups in total. The van der Waals surface area contributed by atoms with E-state index in [4.69, 9.17) is 0 Å². The number of halogens is 3. The highest BCUT2D eigenvalue weighted by atomic mass is 19.4. The molecular weight excluding hydrogens is 209 g/mol. The van der Waals surface area contributed by atoms with Gasteiger partial charge < -0.3 is 9.67 Å². The predicted octanol–water partition coefficient (Wildman–Crippen LogP) is 2.19. The Morgan fingerprint density at radius 3 is 2.67 bits per heavy atom. The summed E-state index contributed by atoms with van der Waals surface area (Å²) in [4.78, 5) is 3.86. The number of hydrogen-bond donors (Lipinski definition) is 1. The highest BCUT2D eigenvalue weighted by Crippen LogP contribution is 2.25. The molecule has 0 fully saturated rings. The summed E-state index contributed by atoms with van der Waals surface area (Å²) in [6.45, 7) is 0. The second-order valence-corrected chi connectivity index (χ2v) is 3.42. The third kappa shape index (κ3) is 3.91. The Bertz CT molecular complexity index is 309. The average Bonchev–Trinajstić information content (AvgIpc) is 2.48. The van der Waals surface area contributed by atoms with Gasteiger partial charge in [-0.1, -0.05) is 0 Å². The maximum atomic E-state index is 11.8. The molecule has 0 aliphatic carbocycles. The number of rotatable bonds is 4. The molecule has 0 bridgehead atoms. The first-order chi connectivity index (χ1) is 6.90. The number of aryl methyl sites for hydroxylation is 1. The lowest BCUT2D eigenvalue weighted by molar-refractivity contribution is -0.136. The largest absolute Gasteiger partial charge is 0.389 e. The van der Waals surface area contributed by atoms with Gasteiger partial charge in [-0.3, -0.25) is 0 Å². The van der Waals surface area contributed by atoms with Crippen molar-refractivity contribution < 1.29 is 18.3 Å². The minimum Gasteiger partial charge on any atom is -0.385 e. The molecule has 0 aliphatic heterocycles. The molecule has 15 heavy (non-hydrogen) atoms. The van der Waals surface area contributed by atoms with Crippen molar-refractivity contribution in [3.05, 3.63) is 18.2 Å². The summed E-state index contributed by atoms with van der Waals surface area (Å²) in [5.74, 6) is 0.400. The first kappa shape index (κ1) is 12.0. The van der Waals surface area contributed by atoms with Crippen molar-refractivity contribution in [3.63, 3.8) is 0 Å². The van der Waals surface area contributed by atoms with E-state index in [2.05, 4.69) is 4.98 Å². The van der Waals surface area contributed by atoms with Gasteiger partial charge in [-0.05, 0) is 12.8 Å². The normalized spacial score (nSPS) is 14.2. The predicted molar refractivity (Wildman–Crippen MR) is 48.1 cm³/mol. The molecule has 1 aromatic rings. The Balaban J connectivity index is 2.37. The van der Waals surface area contributed by atoms with Gasteiger partial charge in [0, 0.05) is 25.9 Å². The second-order valence-electron chi connectivity index (χ2n) is 3.42. The number of aliphatic hydroxyl groups is 1. The average molecular weight is 222 g/mol. The molecule has 0 spiro atoms. The van der Waals surface area contributed by atoms with Crippen molar-refractivity contribution in [2.45, 2.75) is 31.5 Å². The van der Waals surface area contributed by atoms with E-state index in [1.165, 1.54) is 6.20 Å². The van der Waals surface area contributed by atoms with E-state index in [1.54, 1.807) is 17.8 Å². The zero-order chi connectivity index (χ0) is 11.5. The molecule has 0 radical (unpaired) electrons. The van der Waals surface area contributed by atoms with E-state index in [0.29, 0.717) is 5.82 Å². The van der Waals surface area contributed by atoms with Crippen molar-refractivity contribution in [2.24, 2.45) is 7.05 Å². The van der Waals surface area contributed by atoms with Crippen LogP contribution in [0.25, 0.3) is 0 Å². The van der Waals surface area contributed by atoms with E-state index in [0.717, 1.165) is 0 Å². The molecule has 1 atom stereocenters. The molecule has 0 saturated carbocycles. The summed E-state index contributed by atoms with van der Waals surface area (Å²) in [5.41, 5.74) is 0. The van der Waals surface area contributed by atoms with Crippen LogP contribution in [0.1, 0.15) is 31.2 Å². The highest BCUT2D eigenvalue weighted by Gasteiger charge is 2.27. The first-order valence-electron chi connectivity index (χ1n) is 4.62. The lowest BCUT2D eigenvalue weighted by Gasteiger charge is -2.11. The van der Waals surface area contributed by atoms with E-state index < -0.39 is 18.7 Å². The number of hydrogen-bond acceptors (Lipinski definition) is 2. The van der Waals surface area contributed by atoms with Gasteiger partial charge in [0.1, 0.15) is 11.9 Å². The fourth-order valence-corrected chi connectivity index (χ4v) is 1.32. The van der Waals surface area contributed by atoms with Crippen LogP contribution in [0.4, 0.5) is 13.2 Å². The molecule has 0 aromatic carbocycles. The monoisotopic (exact) mass is 222 g/mol. The third-order valence-electron chi connectivity index (χ3n) is 2.09. The molecular formula is C9H13F3N2O. The summed E-state index contributed by atoms with van der Waals surface area (Å²) < 4.78 is 37.1. The Morgan fingerprint density at radius 2 is 2.20 bits per heavy atom. The smallest absolute Gasteiger partial charge is 0.385 e. The lowest BCUT2D eigenvalue weighted by Crippen LogP contribution is -2.10. The number of imidazole rings is 1. The van der Waals surface area contributed by atoms with Crippen molar-refractivity contribution >= 4 is 0 Å². The zero-order valence-electron chi connectivity index (χ0n) is 8.33. The van der Waals surface area contributed by atoms with Crippen LogP contribution in [-0.4, -0.2) is 20.8 Å². The van der Waals surface area contributed by atoms with Crippen LogP contribution in [0.15, 0.2) is 12.4 Å². The first-order valence-corrected chi connectivity index (χ1v) is 4.62. The topological polar surface area (TPSA) is 38.0 Å². The summed E-state index contributed by atoms with van der Waals surface area (Å²) in [6.07, 6.45) is -2.81. The number of nitrogens with zero attached hydrogens (tertiary/aromatic N) is 2.